The van der Waals surface area contributed by atoms with E-state index in [9.17, 15) is 8.78 Å². The van der Waals surface area contributed by atoms with Gasteiger partial charge in [0.25, 0.3) is 0 Å². The molecule has 3 heteroatoms. The van der Waals surface area contributed by atoms with Crippen LogP contribution in [0.1, 0.15) is 58.1 Å². The first-order valence-corrected chi connectivity index (χ1v) is 8.21. The molecule has 1 aliphatic carbocycles. The highest BCUT2D eigenvalue weighted by atomic mass is 19.2. The zero-order chi connectivity index (χ0) is 15.4. The van der Waals surface area contributed by atoms with Crippen LogP contribution in [0.4, 0.5) is 8.78 Å². The minimum Gasteiger partial charge on any atom is -0.310 e. The Labute approximate surface area is 127 Å². The Kier molecular flexibility index (Phi) is 5.74. The SMILES string of the molecule is CCNC(c1cccc(F)c1F)C1CCC(C(C)C)CC1. The zero-order valence-electron chi connectivity index (χ0n) is 13.3. The van der Waals surface area contributed by atoms with Gasteiger partial charge in [0.05, 0.1) is 0 Å². The summed E-state index contributed by atoms with van der Waals surface area (Å²) >= 11 is 0. The first-order valence-electron chi connectivity index (χ1n) is 8.21. The summed E-state index contributed by atoms with van der Waals surface area (Å²) in [6, 6.07) is 4.45. The van der Waals surface area contributed by atoms with Gasteiger partial charge in [0.15, 0.2) is 11.6 Å². The van der Waals surface area contributed by atoms with Crippen molar-refractivity contribution in [2.24, 2.45) is 17.8 Å². The van der Waals surface area contributed by atoms with E-state index < -0.39 is 11.6 Å². The molecule has 0 aliphatic heterocycles. The highest BCUT2D eigenvalue weighted by Gasteiger charge is 2.31. The molecule has 1 unspecified atom stereocenters. The van der Waals surface area contributed by atoms with Crippen LogP contribution in [0.2, 0.25) is 0 Å². The number of nitrogens with one attached hydrogen (secondary N) is 1. The molecule has 21 heavy (non-hydrogen) atoms. The third-order valence-corrected chi connectivity index (χ3v) is 4.97. The van der Waals surface area contributed by atoms with Crippen LogP contribution in [0.15, 0.2) is 18.2 Å². The van der Waals surface area contributed by atoms with Gasteiger partial charge in [-0.1, -0.05) is 32.9 Å². The zero-order valence-corrected chi connectivity index (χ0v) is 13.3. The normalized spacial score (nSPS) is 24.3. The van der Waals surface area contributed by atoms with Gasteiger partial charge < -0.3 is 5.32 Å². The van der Waals surface area contributed by atoms with Crippen molar-refractivity contribution in [2.75, 3.05) is 6.54 Å². The summed E-state index contributed by atoms with van der Waals surface area (Å²) in [5, 5.41) is 3.37. The number of hydrogen-bond acceptors (Lipinski definition) is 1. The van der Waals surface area contributed by atoms with Gasteiger partial charge in [-0.15, -0.1) is 0 Å². The van der Waals surface area contributed by atoms with Crippen molar-refractivity contribution in [1.82, 2.24) is 5.32 Å². The second kappa shape index (κ2) is 7.35. The van der Waals surface area contributed by atoms with Crippen molar-refractivity contribution < 1.29 is 8.78 Å². The van der Waals surface area contributed by atoms with Gasteiger partial charge in [-0.3, -0.25) is 0 Å². The van der Waals surface area contributed by atoms with Crippen molar-refractivity contribution in [3.8, 4) is 0 Å². The van der Waals surface area contributed by atoms with Crippen molar-refractivity contribution in [3.05, 3.63) is 35.4 Å². The molecule has 1 N–H and O–H groups in total. The molecular weight excluding hydrogens is 268 g/mol. The Balaban J connectivity index is 2.15. The fourth-order valence-corrected chi connectivity index (χ4v) is 3.66. The van der Waals surface area contributed by atoms with Crippen LogP contribution in [0, 0.1) is 29.4 Å². The fraction of sp³-hybridized carbons (Fsp3) is 0.667. The third kappa shape index (κ3) is 3.82. The average Bonchev–Trinajstić information content (AvgIpc) is 2.48. The van der Waals surface area contributed by atoms with E-state index in [2.05, 4.69) is 19.2 Å². The van der Waals surface area contributed by atoms with Crippen LogP contribution >= 0.6 is 0 Å². The maximum Gasteiger partial charge on any atom is 0.163 e. The molecule has 0 aromatic heterocycles. The maximum atomic E-state index is 14.1. The van der Waals surface area contributed by atoms with E-state index in [1.807, 2.05) is 6.92 Å². The minimum absolute atomic E-state index is 0.0705. The second-order valence-corrected chi connectivity index (χ2v) is 6.60. The smallest absolute Gasteiger partial charge is 0.163 e. The molecular formula is C18H27F2N. The Morgan fingerprint density at radius 2 is 1.71 bits per heavy atom. The fourth-order valence-electron chi connectivity index (χ4n) is 3.66. The molecule has 0 heterocycles. The lowest BCUT2D eigenvalue weighted by atomic mass is 9.73. The third-order valence-electron chi connectivity index (χ3n) is 4.97. The molecule has 0 spiro atoms. The number of benzene rings is 1. The van der Waals surface area contributed by atoms with Gasteiger partial charge in [-0.2, -0.15) is 0 Å². The summed E-state index contributed by atoms with van der Waals surface area (Å²) < 4.78 is 27.6. The standard InChI is InChI=1S/C18H27F2N/c1-4-21-18(15-6-5-7-16(19)17(15)20)14-10-8-13(9-11-14)12(2)3/h5-7,12-14,18,21H,4,8-11H2,1-3H3. The summed E-state index contributed by atoms with van der Waals surface area (Å²) in [7, 11) is 0. The Hall–Kier alpha value is -0.960. The first kappa shape index (κ1) is 16.4. The topological polar surface area (TPSA) is 12.0 Å². The first-order chi connectivity index (χ1) is 10.0. The van der Waals surface area contributed by atoms with Gasteiger partial charge in [0, 0.05) is 11.6 Å². The van der Waals surface area contributed by atoms with Crippen LogP contribution in [-0.4, -0.2) is 6.54 Å². The van der Waals surface area contributed by atoms with Crippen LogP contribution in [0.3, 0.4) is 0 Å². The Bertz CT molecular complexity index is 451. The highest BCUT2D eigenvalue weighted by Crippen LogP contribution is 2.40. The van der Waals surface area contributed by atoms with Crippen molar-refractivity contribution >= 4 is 0 Å². The molecule has 1 atom stereocenters. The van der Waals surface area contributed by atoms with E-state index in [1.54, 1.807) is 12.1 Å². The molecule has 1 aromatic carbocycles. The molecule has 0 saturated heterocycles. The minimum atomic E-state index is -0.744. The number of halogens is 2. The van der Waals surface area contributed by atoms with E-state index in [1.165, 1.54) is 18.9 Å². The highest BCUT2D eigenvalue weighted by molar-refractivity contribution is 5.23. The number of hydrogen-bond donors (Lipinski definition) is 1. The maximum absolute atomic E-state index is 14.1. The van der Waals surface area contributed by atoms with Crippen LogP contribution < -0.4 is 5.32 Å². The second-order valence-electron chi connectivity index (χ2n) is 6.60. The van der Waals surface area contributed by atoms with E-state index in [0.717, 1.165) is 31.2 Å². The predicted molar refractivity (Wildman–Crippen MR) is 83.1 cm³/mol. The lowest BCUT2D eigenvalue weighted by molar-refractivity contribution is 0.187. The van der Waals surface area contributed by atoms with Crippen molar-refractivity contribution in [1.29, 1.82) is 0 Å². The molecule has 1 aromatic rings. The molecule has 1 nitrogen and oxygen atoms in total. The van der Waals surface area contributed by atoms with Gasteiger partial charge in [0.2, 0.25) is 0 Å². The van der Waals surface area contributed by atoms with E-state index in [0.29, 0.717) is 11.5 Å². The lowest BCUT2D eigenvalue weighted by Crippen LogP contribution is -2.32. The van der Waals surface area contributed by atoms with Gasteiger partial charge in [0.1, 0.15) is 0 Å². The molecule has 0 bridgehead atoms. The average molecular weight is 295 g/mol. The molecule has 0 radical (unpaired) electrons. The summed E-state index contributed by atoms with van der Waals surface area (Å²) in [6.07, 6.45) is 4.58. The molecule has 1 aliphatic rings. The summed E-state index contributed by atoms with van der Waals surface area (Å²) in [4.78, 5) is 0. The molecule has 2 rings (SSSR count). The molecule has 1 fully saturated rings. The molecule has 0 amide bonds. The predicted octanol–water partition coefficient (Wildman–Crippen LogP) is 5.08. The summed E-state index contributed by atoms with van der Waals surface area (Å²) in [6.45, 7) is 7.34. The van der Waals surface area contributed by atoms with Crippen molar-refractivity contribution in [2.45, 2.75) is 52.5 Å². The quantitative estimate of drug-likeness (QED) is 0.799. The Morgan fingerprint density at radius 1 is 1.10 bits per heavy atom. The van der Waals surface area contributed by atoms with Crippen molar-refractivity contribution in [3.63, 3.8) is 0 Å². The summed E-state index contributed by atoms with van der Waals surface area (Å²) in [5.41, 5.74) is 0.491. The van der Waals surface area contributed by atoms with Gasteiger partial charge in [-0.25, -0.2) is 8.78 Å². The molecule has 118 valence electrons. The van der Waals surface area contributed by atoms with Crippen LogP contribution in [-0.2, 0) is 0 Å². The van der Waals surface area contributed by atoms with E-state index >= 15 is 0 Å². The number of rotatable bonds is 5. The van der Waals surface area contributed by atoms with E-state index in [-0.39, 0.29) is 6.04 Å². The molecule has 1 saturated carbocycles. The Morgan fingerprint density at radius 3 is 2.29 bits per heavy atom. The van der Waals surface area contributed by atoms with Gasteiger partial charge in [-0.05, 0) is 56.0 Å². The summed E-state index contributed by atoms with van der Waals surface area (Å²) in [5.74, 6) is 0.465. The largest absolute Gasteiger partial charge is 0.310 e. The van der Waals surface area contributed by atoms with E-state index in [4.69, 9.17) is 0 Å². The van der Waals surface area contributed by atoms with Crippen LogP contribution in [0.5, 0.6) is 0 Å². The monoisotopic (exact) mass is 295 g/mol. The van der Waals surface area contributed by atoms with Crippen LogP contribution in [0.25, 0.3) is 0 Å². The lowest BCUT2D eigenvalue weighted by Gasteiger charge is -2.36. The van der Waals surface area contributed by atoms with Gasteiger partial charge >= 0.3 is 0 Å².